The maximum Gasteiger partial charge on any atom is 0.267 e. The van der Waals surface area contributed by atoms with Crippen molar-refractivity contribution < 1.29 is 14.3 Å². The van der Waals surface area contributed by atoms with E-state index in [1.54, 1.807) is 11.3 Å². The highest BCUT2D eigenvalue weighted by atomic mass is 32.1. The second-order valence-electron chi connectivity index (χ2n) is 6.54. The predicted octanol–water partition coefficient (Wildman–Crippen LogP) is 2.62. The van der Waals surface area contributed by atoms with Crippen molar-refractivity contribution >= 4 is 17.2 Å². The van der Waals surface area contributed by atoms with E-state index in [1.165, 1.54) is 5.56 Å². The van der Waals surface area contributed by atoms with E-state index >= 15 is 0 Å². The maximum absolute atomic E-state index is 12.9. The zero-order valence-electron chi connectivity index (χ0n) is 14.3. The highest BCUT2D eigenvalue weighted by Gasteiger charge is 2.37. The van der Waals surface area contributed by atoms with Crippen LogP contribution < -0.4 is 9.47 Å². The van der Waals surface area contributed by atoms with E-state index < -0.39 is 6.10 Å². The van der Waals surface area contributed by atoms with Crippen molar-refractivity contribution in [3.8, 4) is 11.5 Å². The number of para-hydroxylation sites is 2. The van der Waals surface area contributed by atoms with Gasteiger partial charge in [-0.05, 0) is 41.4 Å². The third kappa shape index (κ3) is 3.50. The van der Waals surface area contributed by atoms with Gasteiger partial charge < -0.3 is 14.4 Å². The van der Waals surface area contributed by atoms with Gasteiger partial charge in [-0.1, -0.05) is 12.1 Å². The Morgan fingerprint density at radius 2 is 1.84 bits per heavy atom. The molecule has 0 aliphatic carbocycles. The molecule has 2 aromatic rings. The van der Waals surface area contributed by atoms with Crippen molar-refractivity contribution in [1.82, 2.24) is 9.80 Å². The Morgan fingerprint density at radius 1 is 1.12 bits per heavy atom. The van der Waals surface area contributed by atoms with Gasteiger partial charge in [0.25, 0.3) is 5.91 Å². The number of nitrogens with zero attached hydrogens (tertiary/aromatic N) is 2. The SMILES string of the molecule is CC1Oc2ccccc2OC1C(=O)N1CCN(Cc2ccsc2)CC1. The molecule has 0 spiro atoms. The molecule has 0 N–H and O–H groups in total. The topological polar surface area (TPSA) is 42.0 Å². The Hall–Kier alpha value is -2.05. The molecule has 5 nitrogen and oxygen atoms in total. The first-order valence-corrected chi connectivity index (χ1v) is 9.59. The smallest absolute Gasteiger partial charge is 0.267 e. The third-order valence-corrected chi connectivity index (χ3v) is 5.49. The van der Waals surface area contributed by atoms with E-state index in [9.17, 15) is 4.79 Å². The molecule has 0 radical (unpaired) electrons. The second-order valence-corrected chi connectivity index (χ2v) is 7.32. The molecule has 3 heterocycles. The number of carbonyl (C=O) groups is 1. The van der Waals surface area contributed by atoms with Gasteiger partial charge in [0, 0.05) is 32.7 Å². The Bertz CT molecular complexity index is 726. The van der Waals surface area contributed by atoms with Crippen LogP contribution in [0.15, 0.2) is 41.1 Å². The summed E-state index contributed by atoms with van der Waals surface area (Å²) in [7, 11) is 0. The number of hydrogen-bond donors (Lipinski definition) is 0. The summed E-state index contributed by atoms with van der Waals surface area (Å²) in [5, 5.41) is 4.29. The van der Waals surface area contributed by atoms with E-state index in [4.69, 9.17) is 9.47 Å². The minimum Gasteiger partial charge on any atom is -0.482 e. The number of thiophene rings is 1. The van der Waals surface area contributed by atoms with E-state index in [1.807, 2.05) is 36.1 Å². The number of piperazine rings is 1. The summed E-state index contributed by atoms with van der Waals surface area (Å²) >= 11 is 1.73. The molecular weight excluding hydrogens is 336 g/mol. The molecular formula is C19H22N2O3S. The van der Waals surface area contributed by atoms with Gasteiger partial charge in [0.15, 0.2) is 11.5 Å². The average Bonchev–Trinajstić information content (AvgIpc) is 3.14. The highest BCUT2D eigenvalue weighted by molar-refractivity contribution is 7.07. The van der Waals surface area contributed by atoms with Gasteiger partial charge in [-0.3, -0.25) is 9.69 Å². The molecule has 1 fully saturated rings. The normalized spacial score (nSPS) is 23.5. The van der Waals surface area contributed by atoms with E-state index in [0.29, 0.717) is 11.5 Å². The van der Waals surface area contributed by atoms with Crippen molar-refractivity contribution in [2.24, 2.45) is 0 Å². The van der Waals surface area contributed by atoms with E-state index in [2.05, 4.69) is 21.7 Å². The molecule has 0 saturated carbocycles. The van der Waals surface area contributed by atoms with Crippen LogP contribution in [-0.2, 0) is 11.3 Å². The van der Waals surface area contributed by atoms with E-state index in [-0.39, 0.29) is 12.0 Å². The molecule has 1 aromatic carbocycles. The summed E-state index contributed by atoms with van der Waals surface area (Å²) in [6.07, 6.45) is -0.857. The predicted molar refractivity (Wildman–Crippen MR) is 97.1 cm³/mol. The maximum atomic E-state index is 12.9. The van der Waals surface area contributed by atoms with Crippen molar-refractivity contribution in [2.45, 2.75) is 25.7 Å². The fraction of sp³-hybridized carbons (Fsp3) is 0.421. The molecule has 2 aliphatic rings. The molecule has 1 aromatic heterocycles. The van der Waals surface area contributed by atoms with Crippen molar-refractivity contribution in [1.29, 1.82) is 0 Å². The standard InChI is InChI=1S/C19H22N2O3S/c1-14-18(24-17-5-3-2-4-16(17)23-14)19(22)21-9-7-20(8-10-21)12-15-6-11-25-13-15/h2-6,11,13-14,18H,7-10,12H2,1H3. The van der Waals surface area contributed by atoms with Crippen LogP contribution in [0, 0.1) is 0 Å². The summed E-state index contributed by atoms with van der Waals surface area (Å²) in [6, 6.07) is 9.68. The van der Waals surface area contributed by atoms with Crippen LogP contribution in [0.25, 0.3) is 0 Å². The number of carbonyl (C=O) groups excluding carboxylic acids is 1. The van der Waals surface area contributed by atoms with Gasteiger partial charge in [0.1, 0.15) is 6.10 Å². The highest BCUT2D eigenvalue weighted by Crippen LogP contribution is 2.34. The van der Waals surface area contributed by atoms with Gasteiger partial charge >= 0.3 is 0 Å². The number of rotatable bonds is 3. The Morgan fingerprint density at radius 3 is 2.52 bits per heavy atom. The third-order valence-electron chi connectivity index (χ3n) is 4.76. The zero-order valence-corrected chi connectivity index (χ0v) is 15.1. The molecule has 2 aliphatic heterocycles. The van der Waals surface area contributed by atoms with Crippen LogP contribution in [-0.4, -0.2) is 54.1 Å². The molecule has 6 heteroatoms. The summed E-state index contributed by atoms with van der Waals surface area (Å²) in [5.41, 5.74) is 1.35. The molecule has 132 valence electrons. The number of hydrogen-bond acceptors (Lipinski definition) is 5. The average molecular weight is 358 g/mol. The second kappa shape index (κ2) is 7.06. The molecule has 2 unspecified atom stereocenters. The molecule has 1 saturated heterocycles. The number of fused-ring (bicyclic) bond motifs is 1. The lowest BCUT2D eigenvalue weighted by atomic mass is 10.1. The Balaban J connectivity index is 1.36. The molecule has 2 atom stereocenters. The molecule has 25 heavy (non-hydrogen) atoms. The zero-order chi connectivity index (χ0) is 17.2. The fourth-order valence-corrected chi connectivity index (χ4v) is 4.00. The minimum absolute atomic E-state index is 0.0252. The van der Waals surface area contributed by atoms with Crippen molar-refractivity contribution in [2.75, 3.05) is 26.2 Å². The van der Waals surface area contributed by atoms with Gasteiger partial charge in [-0.15, -0.1) is 0 Å². The van der Waals surface area contributed by atoms with Crippen LogP contribution in [0.5, 0.6) is 11.5 Å². The van der Waals surface area contributed by atoms with E-state index in [0.717, 1.165) is 32.7 Å². The summed E-state index contributed by atoms with van der Waals surface area (Å²) in [4.78, 5) is 17.2. The largest absolute Gasteiger partial charge is 0.482 e. The molecule has 0 bridgehead atoms. The Labute approximate surface area is 151 Å². The lowest BCUT2D eigenvalue weighted by Gasteiger charge is -2.38. The number of ether oxygens (including phenoxy) is 2. The van der Waals surface area contributed by atoms with Gasteiger partial charge in [-0.2, -0.15) is 11.3 Å². The quantitative estimate of drug-likeness (QED) is 0.846. The summed E-state index contributed by atoms with van der Waals surface area (Å²) in [5.74, 6) is 1.38. The molecule has 1 amide bonds. The number of amides is 1. The first-order chi connectivity index (χ1) is 12.2. The Kier molecular flexibility index (Phi) is 4.63. The van der Waals surface area contributed by atoms with Gasteiger partial charge in [0.05, 0.1) is 0 Å². The van der Waals surface area contributed by atoms with Crippen LogP contribution in [0.3, 0.4) is 0 Å². The van der Waals surface area contributed by atoms with Gasteiger partial charge in [-0.25, -0.2) is 0 Å². The minimum atomic E-state index is -0.571. The van der Waals surface area contributed by atoms with Crippen LogP contribution in [0.2, 0.25) is 0 Å². The number of benzene rings is 1. The monoisotopic (exact) mass is 358 g/mol. The van der Waals surface area contributed by atoms with Crippen LogP contribution >= 0.6 is 11.3 Å². The fourth-order valence-electron chi connectivity index (χ4n) is 3.34. The first kappa shape index (κ1) is 16.4. The van der Waals surface area contributed by atoms with Crippen molar-refractivity contribution in [3.63, 3.8) is 0 Å². The van der Waals surface area contributed by atoms with Crippen LogP contribution in [0.1, 0.15) is 12.5 Å². The lowest BCUT2D eigenvalue weighted by Crippen LogP contribution is -2.55. The van der Waals surface area contributed by atoms with Gasteiger partial charge in [0.2, 0.25) is 6.10 Å². The summed E-state index contributed by atoms with van der Waals surface area (Å²) < 4.78 is 11.8. The summed E-state index contributed by atoms with van der Waals surface area (Å²) in [6.45, 7) is 6.10. The van der Waals surface area contributed by atoms with Crippen LogP contribution in [0.4, 0.5) is 0 Å². The lowest BCUT2D eigenvalue weighted by molar-refractivity contribution is -0.146. The first-order valence-electron chi connectivity index (χ1n) is 8.65. The molecule has 4 rings (SSSR count). The van der Waals surface area contributed by atoms with Crippen molar-refractivity contribution in [3.05, 3.63) is 46.7 Å².